The summed E-state index contributed by atoms with van der Waals surface area (Å²) in [4.78, 5) is 0. The van der Waals surface area contributed by atoms with Crippen LogP contribution in [0.5, 0.6) is 0 Å². The topological polar surface area (TPSA) is 32.3 Å². The molecule has 2 nitrogen and oxygen atoms in total. The van der Waals surface area contributed by atoms with Crippen LogP contribution in [0.15, 0.2) is 0 Å². The van der Waals surface area contributed by atoms with Crippen molar-refractivity contribution >= 4 is 0 Å². The van der Waals surface area contributed by atoms with Crippen LogP contribution in [0.25, 0.3) is 0 Å². The van der Waals surface area contributed by atoms with Crippen LogP contribution in [0.1, 0.15) is 46.5 Å². The molecule has 2 N–H and O–H groups in total. The molecule has 0 spiro atoms. The van der Waals surface area contributed by atoms with E-state index >= 15 is 0 Å². The first-order valence-corrected chi connectivity index (χ1v) is 6.05. The van der Waals surface area contributed by atoms with Crippen LogP contribution in [-0.2, 0) is 0 Å². The van der Waals surface area contributed by atoms with E-state index in [0.717, 1.165) is 25.3 Å². The second kappa shape index (κ2) is 5.72. The van der Waals surface area contributed by atoms with Crippen molar-refractivity contribution in [3.05, 3.63) is 0 Å². The average Bonchev–Trinajstić information content (AvgIpc) is 2.17. The minimum atomic E-state index is -0.149. The molecule has 1 heterocycles. The second-order valence-electron chi connectivity index (χ2n) is 5.06. The van der Waals surface area contributed by atoms with Crippen LogP contribution in [0.2, 0.25) is 0 Å². The smallest absolute Gasteiger partial charge is 0.0695 e. The zero-order valence-electron chi connectivity index (χ0n) is 9.79. The van der Waals surface area contributed by atoms with Gasteiger partial charge in [0.2, 0.25) is 0 Å². The van der Waals surface area contributed by atoms with E-state index in [4.69, 9.17) is 0 Å². The van der Waals surface area contributed by atoms with Crippen molar-refractivity contribution in [1.82, 2.24) is 5.32 Å². The van der Waals surface area contributed by atoms with E-state index in [1.807, 2.05) is 0 Å². The van der Waals surface area contributed by atoms with Gasteiger partial charge in [-0.2, -0.15) is 0 Å². The first kappa shape index (κ1) is 12.0. The zero-order valence-corrected chi connectivity index (χ0v) is 9.79. The molecule has 14 heavy (non-hydrogen) atoms. The maximum atomic E-state index is 10.00. The first-order chi connectivity index (χ1) is 6.63. The SMILES string of the molecule is CCC1CCNC(C(O)CC(C)C)C1. The molecule has 0 amide bonds. The standard InChI is InChI=1S/C12H25NO/c1-4-10-5-6-13-11(8-10)12(14)7-9(2)3/h9-14H,4-8H2,1-3H3. The number of piperidine rings is 1. The van der Waals surface area contributed by atoms with Crippen LogP contribution >= 0.6 is 0 Å². The summed E-state index contributed by atoms with van der Waals surface area (Å²) in [5.41, 5.74) is 0. The summed E-state index contributed by atoms with van der Waals surface area (Å²) in [6.07, 6.45) is 4.47. The van der Waals surface area contributed by atoms with Crippen LogP contribution < -0.4 is 5.32 Å². The van der Waals surface area contributed by atoms with E-state index in [0.29, 0.717) is 12.0 Å². The number of nitrogens with one attached hydrogen (secondary N) is 1. The minimum absolute atomic E-state index is 0.149. The van der Waals surface area contributed by atoms with Crippen molar-refractivity contribution in [2.45, 2.75) is 58.6 Å². The molecular formula is C12H25NO. The highest BCUT2D eigenvalue weighted by Gasteiger charge is 2.26. The maximum Gasteiger partial charge on any atom is 0.0695 e. The van der Waals surface area contributed by atoms with E-state index in [2.05, 4.69) is 26.1 Å². The Balaban J connectivity index is 2.35. The first-order valence-electron chi connectivity index (χ1n) is 6.05. The Bertz CT molecular complexity index is 158. The van der Waals surface area contributed by atoms with Gasteiger partial charge in [-0.15, -0.1) is 0 Å². The van der Waals surface area contributed by atoms with Gasteiger partial charge in [0.05, 0.1) is 6.10 Å². The summed E-state index contributed by atoms with van der Waals surface area (Å²) in [5, 5.41) is 13.4. The number of aliphatic hydroxyl groups is 1. The molecule has 2 heteroatoms. The van der Waals surface area contributed by atoms with Gasteiger partial charge in [0, 0.05) is 6.04 Å². The molecule has 3 unspecified atom stereocenters. The molecular weight excluding hydrogens is 174 g/mol. The number of hydrogen-bond donors (Lipinski definition) is 2. The van der Waals surface area contributed by atoms with E-state index in [-0.39, 0.29) is 6.10 Å². The van der Waals surface area contributed by atoms with E-state index in [1.165, 1.54) is 12.8 Å². The summed E-state index contributed by atoms with van der Waals surface area (Å²) in [5.74, 6) is 1.41. The fourth-order valence-electron chi connectivity index (χ4n) is 2.34. The summed E-state index contributed by atoms with van der Waals surface area (Å²) >= 11 is 0. The molecule has 0 radical (unpaired) electrons. The van der Waals surface area contributed by atoms with Gasteiger partial charge in [0.25, 0.3) is 0 Å². The van der Waals surface area contributed by atoms with Crippen LogP contribution in [0, 0.1) is 11.8 Å². The predicted octanol–water partition coefficient (Wildman–Crippen LogP) is 2.17. The molecule has 0 aromatic carbocycles. The third-order valence-corrected chi connectivity index (χ3v) is 3.30. The molecule has 84 valence electrons. The largest absolute Gasteiger partial charge is 0.391 e. The molecule has 0 aromatic heterocycles. The van der Waals surface area contributed by atoms with E-state index in [1.54, 1.807) is 0 Å². The number of aliphatic hydroxyl groups excluding tert-OH is 1. The lowest BCUT2D eigenvalue weighted by Gasteiger charge is -2.33. The van der Waals surface area contributed by atoms with E-state index < -0.39 is 0 Å². The Morgan fingerprint density at radius 3 is 2.71 bits per heavy atom. The van der Waals surface area contributed by atoms with Gasteiger partial charge in [0.1, 0.15) is 0 Å². The molecule has 0 bridgehead atoms. The highest BCUT2D eigenvalue weighted by molar-refractivity contribution is 4.83. The fourth-order valence-corrected chi connectivity index (χ4v) is 2.34. The van der Waals surface area contributed by atoms with Gasteiger partial charge < -0.3 is 10.4 Å². The molecule has 0 saturated carbocycles. The van der Waals surface area contributed by atoms with Gasteiger partial charge >= 0.3 is 0 Å². The lowest BCUT2D eigenvalue weighted by molar-refractivity contribution is 0.0798. The molecule has 1 aliphatic rings. The molecule has 3 atom stereocenters. The van der Waals surface area contributed by atoms with Crippen LogP contribution in [0.4, 0.5) is 0 Å². The summed E-state index contributed by atoms with van der Waals surface area (Å²) in [6.45, 7) is 7.67. The summed E-state index contributed by atoms with van der Waals surface area (Å²) in [7, 11) is 0. The lowest BCUT2D eigenvalue weighted by atomic mass is 9.86. The van der Waals surface area contributed by atoms with E-state index in [9.17, 15) is 5.11 Å². The highest BCUT2D eigenvalue weighted by Crippen LogP contribution is 2.23. The van der Waals surface area contributed by atoms with Crippen LogP contribution in [-0.4, -0.2) is 23.8 Å². The normalized spacial score (nSPS) is 30.6. The van der Waals surface area contributed by atoms with Crippen molar-refractivity contribution in [3.8, 4) is 0 Å². The van der Waals surface area contributed by atoms with Gasteiger partial charge in [-0.1, -0.05) is 27.2 Å². The quantitative estimate of drug-likeness (QED) is 0.727. The van der Waals surface area contributed by atoms with Crippen molar-refractivity contribution < 1.29 is 5.11 Å². The monoisotopic (exact) mass is 199 g/mol. The third kappa shape index (κ3) is 3.58. The Kier molecular flexibility index (Phi) is 4.90. The van der Waals surface area contributed by atoms with Gasteiger partial charge in [-0.25, -0.2) is 0 Å². The summed E-state index contributed by atoms with van der Waals surface area (Å²) < 4.78 is 0. The predicted molar refractivity (Wildman–Crippen MR) is 60.3 cm³/mol. The average molecular weight is 199 g/mol. The molecule has 1 rings (SSSR count). The lowest BCUT2D eigenvalue weighted by Crippen LogP contribution is -2.46. The van der Waals surface area contributed by atoms with Gasteiger partial charge in [-0.3, -0.25) is 0 Å². The molecule has 0 aliphatic carbocycles. The van der Waals surface area contributed by atoms with Crippen molar-refractivity contribution in [1.29, 1.82) is 0 Å². The Morgan fingerprint density at radius 2 is 2.14 bits per heavy atom. The van der Waals surface area contributed by atoms with Gasteiger partial charge in [-0.05, 0) is 37.6 Å². The highest BCUT2D eigenvalue weighted by atomic mass is 16.3. The van der Waals surface area contributed by atoms with Crippen LogP contribution in [0.3, 0.4) is 0 Å². The Morgan fingerprint density at radius 1 is 1.43 bits per heavy atom. The van der Waals surface area contributed by atoms with Crippen molar-refractivity contribution in [2.75, 3.05) is 6.54 Å². The Labute approximate surface area is 88.1 Å². The molecule has 0 aromatic rings. The van der Waals surface area contributed by atoms with Crippen molar-refractivity contribution in [3.63, 3.8) is 0 Å². The molecule has 1 saturated heterocycles. The molecule has 1 aliphatic heterocycles. The third-order valence-electron chi connectivity index (χ3n) is 3.30. The number of hydrogen-bond acceptors (Lipinski definition) is 2. The second-order valence-corrected chi connectivity index (χ2v) is 5.06. The fraction of sp³-hybridized carbons (Fsp3) is 1.00. The van der Waals surface area contributed by atoms with Gasteiger partial charge in [0.15, 0.2) is 0 Å². The minimum Gasteiger partial charge on any atom is -0.391 e. The summed E-state index contributed by atoms with van der Waals surface area (Å²) in [6, 6.07) is 0.344. The Hall–Kier alpha value is -0.0800. The zero-order chi connectivity index (χ0) is 10.6. The number of rotatable bonds is 4. The van der Waals surface area contributed by atoms with Crippen molar-refractivity contribution in [2.24, 2.45) is 11.8 Å². The maximum absolute atomic E-state index is 10.00. The molecule has 1 fully saturated rings.